The van der Waals surface area contributed by atoms with Crippen LogP contribution in [0.1, 0.15) is 65.5 Å². The van der Waals surface area contributed by atoms with Crippen LogP contribution in [0.5, 0.6) is 0 Å². The molecule has 48 heavy (non-hydrogen) atoms. The maximum atomic E-state index is 13.4. The minimum atomic E-state index is -3.72. The Morgan fingerprint density at radius 2 is 1.60 bits per heavy atom. The van der Waals surface area contributed by atoms with Crippen molar-refractivity contribution in [2.75, 3.05) is 17.2 Å². The van der Waals surface area contributed by atoms with Crippen molar-refractivity contribution in [3.8, 4) is 0 Å². The van der Waals surface area contributed by atoms with E-state index in [0.29, 0.717) is 41.1 Å². The van der Waals surface area contributed by atoms with Gasteiger partial charge in [-0.1, -0.05) is 0 Å². The van der Waals surface area contributed by atoms with Crippen molar-refractivity contribution in [2.45, 2.75) is 100 Å². The van der Waals surface area contributed by atoms with Gasteiger partial charge >= 0.3 is 6.03 Å². The number of carbonyl (C=O) groups is 2. The van der Waals surface area contributed by atoms with E-state index in [1.807, 2.05) is 6.92 Å². The number of fused-ring (bicyclic) bond motifs is 2. The molecule has 4 aliphatic carbocycles. The third-order valence-corrected chi connectivity index (χ3v) is 11.9. The molecule has 6 aliphatic rings. The van der Waals surface area contributed by atoms with Crippen molar-refractivity contribution in [3.05, 3.63) is 36.9 Å². The number of hydrogen-bond donors (Lipinski definition) is 4. The lowest BCUT2D eigenvalue weighted by Gasteiger charge is -2.56. The van der Waals surface area contributed by atoms with Crippen molar-refractivity contribution in [1.82, 2.24) is 29.6 Å². The Hall–Kier alpha value is -3.70. The second kappa shape index (κ2) is 11.4. The molecule has 4 bridgehead atoms. The molecule has 4 atom stereocenters. The van der Waals surface area contributed by atoms with E-state index in [-0.39, 0.29) is 22.2 Å². The molecule has 3 amide bonds. The molecule has 4 N–H and O–H groups in total. The van der Waals surface area contributed by atoms with E-state index >= 15 is 0 Å². The van der Waals surface area contributed by atoms with Gasteiger partial charge < -0.3 is 24.8 Å². The average molecular weight is 681 g/mol. The number of benzene rings is 1. The van der Waals surface area contributed by atoms with Gasteiger partial charge in [-0.3, -0.25) is 14.7 Å². The number of likely N-dealkylation sites (N-methyl/N-ethyl adjacent to an activating group) is 1. The number of sulfonamides is 1. The summed E-state index contributed by atoms with van der Waals surface area (Å²) in [5, 5.41) is 8.21. The third kappa shape index (κ3) is 5.62. The van der Waals surface area contributed by atoms with Crippen molar-refractivity contribution in [1.29, 1.82) is 0 Å². The number of nitrogens with zero attached hydrogens (tertiary/aromatic N) is 4. The number of ether oxygens (including phenoxy) is 3. The molecule has 6 fully saturated rings. The number of rotatable bonds is 8. The summed E-state index contributed by atoms with van der Waals surface area (Å²) < 4.78 is 49.8. The third-order valence-electron chi connectivity index (χ3n) is 10.3. The van der Waals surface area contributed by atoms with Gasteiger partial charge in [-0.2, -0.15) is 0 Å². The van der Waals surface area contributed by atoms with Crippen molar-refractivity contribution >= 4 is 44.6 Å². The average Bonchev–Trinajstić information content (AvgIpc) is 3.67. The standard InChI is InChI=1S/C32H40N8O7S/c1-4-33-28(41)24-23-25(47-31(2,3)46-23)29(45-24)40-16-36-22-26(34-15-35-27(22)40)38-30(42)37-20-5-7-21(8-6-20)48(43,44)39-32-12-17-9-18(13-32)11-19(10-17)14-32/h5-8,15-19,23-25,29,39H,4,9-14H2,1-3H3,(H,33,41)(H2,34,35,37,38,42)/t17?,18?,19?,23-,24+,25-,29-,32?/m1/s1. The first-order chi connectivity index (χ1) is 22.9. The second-order valence-corrected chi connectivity index (χ2v) is 16.0. The topological polar surface area (TPSA) is 188 Å². The zero-order chi connectivity index (χ0) is 33.4. The molecular formula is C32H40N8O7S. The van der Waals surface area contributed by atoms with Crippen LogP contribution in [-0.2, 0) is 29.0 Å². The Kier molecular flexibility index (Phi) is 7.52. The van der Waals surface area contributed by atoms with E-state index < -0.39 is 46.4 Å². The van der Waals surface area contributed by atoms with Gasteiger partial charge in [0, 0.05) is 17.8 Å². The summed E-state index contributed by atoms with van der Waals surface area (Å²) in [6, 6.07) is 5.52. The highest BCUT2D eigenvalue weighted by Gasteiger charge is 2.58. The first-order valence-corrected chi connectivity index (χ1v) is 18.1. The number of imidazole rings is 1. The van der Waals surface area contributed by atoms with Gasteiger partial charge in [0.25, 0.3) is 5.91 Å². The van der Waals surface area contributed by atoms with Gasteiger partial charge in [-0.25, -0.2) is 32.9 Å². The Morgan fingerprint density at radius 3 is 2.27 bits per heavy atom. The first-order valence-electron chi connectivity index (χ1n) is 16.6. The Balaban J connectivity index is 0.950. The summed E-state index contributed by atoms with van der Waals surface area (Å²) in [4.78, 5) is 39.0. The number of nitrogens with one attached hydrogen (secondary N) is 4. The summed E-state index contributed by atoms with van der Waals surface area (Å²) in [7, 11) is -3.72. The minimum absolute atomic E-state index is 0.147. The summed E-state index contributed by atoms with van der Waals surface area (Å²) >= 11 is 0. The molecule has 2 aliphatic heterocycles. The van der Waals surface area contributed by atoms with Gasteiger partial charge in [0.15, 0.2) is 35.1 Å². The summed E-state index contributed by atoms with van der Waals surface area (Å²) in [6.07, 6.45) is 6.26. The van der Waals surface area contributed by atoms with Gasteiger partial charge in [-0.15, -0.1) is 0 Å². The molecular weight excluding hydrogens is 640 g/mol. The van der Waals surface area contributed by atoms with E-state index in [9.17, 15) is 18.0 Å². The fourth-order valence-electron chi connectivity index (χ4n) is 8.98. The quantitative estimate of drug-likeness (QED) is 0.275. The predicted octanol–water partition coefficient (Wildman–Crippen LogP) is 3.27. The number of aromatic nitrogens is 4. The second-order valence-electron chi connectivity index (χ2n) is 14.4. The van der Waals surface area contributed by atoms with Crippen LogP contribution in [0.4, 0.5) is 16.3 Å². The zero-order valence-electron chi connectivity index (χ0n) is 27.0. The molecule has 1 aromatic carbocycles. The van der Waals surface area contributed by atoms with E-state index in [2.05, 4.69) is 35.6 Å². The van der Waals surface area contributed by atoms with E-state index in [4.69, 9.17) is 14.2 Å². The Bertz CT molecular complexity index is 1830. The lowest BCUT2D eigenvalue weighted by molar-refractivity contribution is -0.197. The fourth-order valence-corrected chi connectivity index (χ4v) is 10.4. The monoisotopic (exact) mass is 680 g/mol. The van der Waals surface area contributed by atoms with E-state index in [1.54, 1.807) is 30.5 Å². The molecule has 16 heteroatoms. The number of carbonyl (C=O) groups excluding carboxylic acids is 2. The molecule has 0 unspecified atom stereocenters. The maximum absolute atomic E-state index is 13.4. The first kappa shape index (κ1) is 31.6. The van der Waals surface area contributed by atoms with Crippen LogP contribution in [0, 0.1) is 17.8 Å². The highest BCUT2D eigenvalue weighted by atomic mass is 32.2. The predicted molar refractivity (Wildman–Crippen MR) is 172 cm³/mol. The highest BCUT2D eigenvalue weighted by molar-refractivity contribution is 7.89. The number of urea groups is 1. The largest absolute Gasteiger partial charge is 0.354 e. The fraction of sp³-hybridized carbons (Fsp3) is 0.594. The van der Waals surface area contributed by atoms with Gasteiger partial charge in [-0.05, 0) is 101 Å². The Morgan fingerprint density at radius 1 is 0.938 bits per heavy atom. The number of hydrogen-bond acceptors (Lipinski definition) is 10. The highest BCUT2D eigenvalue weighted by Crippen LogP contribution is 2.56. The van der Waals surface area contributed by atoms with Gasteiger partial charge in [0.1, 0.15) is 18.5 Å². The molecule has 256 valence electrons. The minimum Gasteiger partial charge on any atom is -0.354 e. The van der Waals surface area contributed by atoms with Crippen LogP contribution in [0.15, 0.2) is 41.8 Å². The van der Waals surface area contributed by atoms with Crippen LogP contribution in [-0.4, -0.2) is 76.1 Å². The van der Waals surface area contributed by atoms with Crippen LogP contribution in [0.3, 0.4) is 0 Å². The van der Waals surface area contributed by atoms with Crippen molar-refractivity contribution in [3.63, 3.8) is 0 Å². The van der Waals surface area contributed by atoms with Crippen molar-refractivity contribution in [2.24, 2.45) is 17.8 Å². The Labute approximate surface area is 278 Å². The molecule has 2 saturated heterocycles. The summed E-state index contributed by atoms with van der Waals surface area (Å²) in [5.74, 6) is 0.768. The van der Waals surface area contributed by atoms with E-state index in [1.165, 1.54) is 44.0 Å². The molecule has 2 aromatic heterocycles. The SMILES string of the molecule is CCNC(=O)[C@H]1O[C@@H](n2cnc3c(NC(=O)Nc4ccc(S(=O)(=O)NC56CC7CC(CC(C7)C5)C6)cc4)ncnc32)[C@@H]2OC(C)(C)O[C@@H]21. The normalized spacial score (nSPS) is 33.1. The van der Waals surface area contributed by atoms with Crippen LogP contribution in [0.2, 0.25) is 0 Å². The molecule has 9 rings (SSSR count). The van der Waals surface area contributed by atoms with Gasteiger partial charge in [0.05, 0.1) is 11.2 Å². The van der Waals surface area contributed by atoms with Crippen LogP contribution in [0.25, 0.3) is 11.2 Å². The lowest BCUT2D eigenvalue weighted by atomic mass is 9.53. The van der Waals surface area contributed by atoms with Crippen molar-refractivity contribution < 1.29 is 32.2 Å². The molecule has 0 spiro atoms. The number of anilines is 2. The van der Waals surface area contributed by atoms with E-state index in [0.717, 1.165) is 19.3 Å². The summed E-state index contributed by atoms with van der Waals surface area (Å²) in [5.41, 5.74) is 0.714. The smallest absolute Gasteiger partial charge is 0.324 e. The summed E-state index contributed by atoms with van der Waals surface area (Å²) in [6.45, 7) is 5.81. The molecule has 0 radical (unpaired) electrons. The molecule has 4 saturated carbocycles. The maximum Gasteiger partial charge on any atom is 0.324 e. The number of amides is 3. The van der Waals surface area contributed by atoms with Crippen LogP contribution >= 0.6 is 0 Å². The van der Waals surface area contributed by atoms with Gasteiger partial charge in [0.2, 0.25) is 10.0 Å². The lowest BCUT2D eigenvalue weighted by Crippen LogP contribution is -2.59. The molecule has 15 nitrogen and oxygen atoms in total. The molecule has 3 aromatic rings. The zero-order valence-corrected chi connectivity index (χ0v) is 27.8. The van der Waals surface area contributed by atoms with Crippen LogP contribution < -0.4 is 20.7 Å². The molecule has 4 heterocycles.